The third-order valence-electron chi connectivity index (χ3n) is 2.08. The number of hydrogen-bond acceptors (Lipinski definition) is 3. The molecule has 1 aromatic carbocycles. The number of carboxylic acids is 1. The van der Waals surface area contributed by atoms with Gasteiger partial charge >= 0.3 is 5.97 Å². The van der Waals surface area contributed by atoms with Gasteiger partial charge in [0, 0.05) is 6.61 Å². The van der Waals surface area contributed by atoms with E-state index in [0.717, 1.165) is 12.5 Å². The van der Waals surface area contributed by atoms with Gasteiger partial charge in [-0.15, -0.1) is 0 Å². The van der Waals surface area contributed by atoms with Crippen LogP contribution in [0.5, 0.6) is 0 Å². The number of carboxylic acid groups (broad SMARTS) is 1. The molecule has 1 rings (SSSR count). The molecule has 18 heavy (non-hydrogen) atoms. The summed E-state index contributed by atoms with van der Waals surface area (Å²) in [4.78, 5) is 22.3. The maximum absolute atomic E-state index is 13.3. The second-order valence-electron chi connectivity index (χ2n) is 3.57. The van der Waals surface area contributed by atoms with Gasteiger partial charge in [0.25, 0.3) is 0 Å². The number of amides is 1. The van der Waals surface area contributed by atoms with E-state index in [-0.39, 0.29) is 12.3 Å². The lowest BCUT2D eigenvalue weighted by Gasteiger charge is -2.09. The van der Waals surface area contributed by atoms with Crippen molar-refractivity contribution in [2.24, 2.45) is 0 Å². The van der Waals surface area contributed by atoms with E-state index in [2.05, 4.69) is 5.32 Å². The van der Waals surface area contributed by atoms with Gasteiger partial charge in [-0.25, -0.2) is 9.18 Å². The van der Waals surface area contributed by atoms with Crippen LogP contribution in [0.15, 0.2) is 18.2 Å². The molecule has 0 spiro atoms. The fraction of sp³-hybridized carbons (Fsp3) is 0.333. The summed E-state index contributed by atoms with van der Waals surface area (Å²) in [5, 5.41) is 11.2. The lowest BCUT2D eigenvalue weighted by atomic mass is 10.1. The minimum absolute atomic E-state index is 0.0763. The predicted octanol–water partition coefficient (Wildman–Crippen LogP) is 1.89. The Kier molecular flexibility index (Phi) is 5.26. The summed E-state index contributed by atoms with van der Waals surface area (Å²) < 4.78 is 18.3. The van der Waals surface area contributed by atoms with E-state index >= 15 is 0 Å². The third kappa shape index (κ3) is 3.81. The average molecular weight is 255 g/mol. The zero-order chi connectivity index (χ0) is 13.5. The Hall–Kier alpha value is -1.95. The third-order valence-corrected chi connectivity index (χ3v) is 2.08. The molecule has 0 heterocycles. The minimum Gasteiger partial charge on any atom is -0.478 e. The monoisotopic (exact) mass is 255 g/mol. The summed E-state index contributed by atoms with van der Waals surface area (Å²) in [6.45, 7) is 2.14. The number of carbonyl (C=O) groups is 2. The molecule has 0 saturated carbocycles. The maximum Gasteiger partial charge on any atom is 0.340 e. The Bertz CT molecular complexity index is 448. The molecule has 5 nitrogen and oxygen atoms in total. The standard InChI is InChI=1S/C12H14FNO4/c1-2-6-18-7-10(15)14-9-5-3-4-8(13)11(9)12(16)17/h3-5H,2,6-7H2,1H3,(H,14,15)(H,16,17). The van der Waals surface area contributed by atoms with Crippen molar-refractivity contribution >= 4 is 17.6 Å². The summed E-state index contributed by atoms with van der Waals surface area (Å²) in [5.41, 5.74) is -0.631. The number of aromatic carboxylic acids is 1. The first-order valence-corrected chi connectivity index (χ1v) is 5.45. The van der Waals surface area contributed by atoms with Crippen molar-refractivity contribution in [3.63, 3.8) is 0 Å². The second kappa shape index (κ2) is 6.70. The van der Waals surface area contributed by atoms with E-state index in [1.165, 1.54) is 12.1 Å². The highest BCUT2D eigenvalue weighted by Crippen LogP contribution is 2.18. The molecule has 0 aliphatic heterocycles. The smallest absolute Gasteiger partial charge is 0.340 e. The summed E-state index contributed by atoms with van der Waals surface area (Å²) in [6.07, 6.45) is 0.771. The Balaban J connectivity index is 2.75. The second-order valence-corrected chi connectivity index (χ2v) is 3.57. The maximum atomic E-state index is 13.3. The number of halogens is 1. The molecule has 1 aromatic rings. The number of carbonyl (C=O) groups excluding carboxylic acids is 1. The number of benzene rings is 1. The Morgan fingerprint density at radius 1 is 1.44 bits per heavy atom. The van der Waals surface area contributed by atoms with Gasteiger partial charge in [0.2, 0.25) is 5.91 Å². The van der Waals surface area contributed by atoms with Crippen molar-refractivity contribution in [2.45, 2.75) is 13.3 Å². The zero-order valence-electron chi connectivity index (χ0n) is 9.90. The fourth-order valence-electron chi connectivity index (χ4n) is 1.34. The molecule has 0 aromatic heterocycles. The molecular weight excluding hydrogens is 241 g/mol. The van der Waals surface area contributed by atoms with Crippen LogP contribution >= 0.6 is 0 Å². The first-order chi connectivity index (χ1) is 8.56. The molecule has 0 radical (unpaired) electrons. The topological polar surface area (TPSA) is 75.6 Å². The van der Waals surface area contributed by atoms with Crippen LogP contribution in [0.2, 0.25) is 0 Å². The summed E-state index contributed by atoms with van der Waals surface area (Å²) in [7, 11) is 0. The highest BCUT2D eigenvalue weighted by Gasteiger charge is 2.17. The number of anilines is 1. The molecule has 98 valence electrons. The van der Waals surface area contributed by atoms with E-state index in [4.69, 9.17) is 9.84 Å². The van der Waals surface area contributed by atoms with Gasteiger partial charge in [0.1, 0.15) is 18.0 Å². The van der Waals surface area contributed by atoms with Crippen LogP contribution in [0.25, 0.3) is 0 Å². The molecule has 1 amide bonds. The van der Waals surface area contributed by atoms with Crippen LogP contribution in [0.3, 0.4) is 0 Å². The largest absolute Gasteiger partial charge is 0.478 e. The number of rotatable bonds is 6. The van der Waals surface area contributed by atoms with Crippen molar-refractivity contribution in [2.75, 3.05) is 18.5 Å². The Morgan fingerprint density at radius 2 is 2.17 bits per heavy atom. The van der Waals surface area contributed by atoms with Gasteiger partial charge < -0.3 is 15.2 Å². The first kappa shape index (κ1) is 14.1. The van der Waals surface area contributed by atoms with Crippen LogP contribution in [-0.4, -0.2) is 30.2 Å². The van der Waals surface area contributed by atoms with E-state index < -0.39 is 23.3 Å². The normalized spacial score (nSPS) is 10.1. The fourth-order valence-corrected chi connectivity index (χ4v) is 1.34. The first-order valence-electron chi connectivity index (χ1n) is 5.45. The Labute approximate surface area is 104 Å². The highest BCUT2D eigenvalue weighted by atomic mass is 19.1. The van der Waals surface area contributed by atoms with Gasteiger partial charge in [0.05, 0.1) is 5.69 Å². The van der Waals surface area contributed by atoms with Crippen LogP contribution in [0.1, 0.15) is 23.7 Å². The minimum atomic E-state index is -1.43. The predicted molar refractivity (Wildman–Crippen MR) is 63.1 cm³/mol. The molecule has 0 atom stereocenters. The summed E-state index contributed by atoms with van der Waals surface area (Å²) in [5.74, 6) is -2.84. The summed E-state index contributed by atoms with van der Waals surface area (Å²) >= 11 is 0. The average Bonchev–Trinajstić information content (AvgIpc) is 2.28. The van der Waals surface area contributed by atoms with Crippen molar-refractivity contribution in [1.29, 1.82) is 0 Å². The van der Waals surface area contributed by atoms with Crippen LogP contribution in [0, 0.1) is 5.82 Å². The van der Waals surface area contributed by atoms with Gasteiger partial charge in [-0.1, -0.05) is 13.0 Å². The van der Waals surface area contributed by atoms with Crippen molar-refractivity contribution in [1.82, 2.24) is 0 Å². The number of hydrogen-bond donors (Lipinski definition) is 2. The van der Waals surface area contributed by atoms with Gasteiger partial charge in [-0.2, -0.15) is 0 Å². The SMILES string of the molecule is CCCOCC(=O)Nc1cccc(F)c1C(=O)O. The molecule has 0 aliphatic carbocycles. The van der Waals surface area contributed by atoms with Crippen molar-refractivity contribution in [3.8, 4) is 0 Å². The van der Waals surface area contributed by atoms with Crippen LogP contribution in [0.4, 0.5) is 10.1 Å². The number of nitrogens with one attached hydrogen (secondary N) is 1. The van der Waals surface area contributed by atoms with E-state index in [1.807, 2.05) is 6.92 Å². The molecule has 0 aliphatic rings. The molecule has 6 heteroatoms. The van der Waals surface area contributed by atoms with Crippen LogP contribution in [-0.2, 0) is 9.53 Å². The molecule has 0 fully saturated rings. The van der Waals surface area contributed by atoms with Crippen molar-refractivity contribution < 1.29 is 23.8 Å². The molecule has 0 bridgehead atoms. The lowest BCUT2D eigenvalue weighted by Crippen LogP contribution is -2.20. The lowest BCUT2D eigenvalue weighted by molar-refractivity contribution is -0.120. The van der Waals surface area contributed by atoms with E-state index in [0.29, 0.717) is 6.61 Å². The van der Waals surface area contributed by atoms with Crippen LogP contribution < -0.4 is 5.32 Å². The quantitative estimate of drug-likeness (QED) is 0.761. The van der Waals surface area contributed by atoms with E-state index in [1.54, 1.807) is 0 Å². The van der Waals surface area contributed by atoms with Crippen molar-refractivity contribution in [3.05, 3.63) is 29.6 Å². The molecule has 0 saturated heterocycles. The molecular formula is C12H14FNO4. The Morgan fingerprint density at radius 3 is 2.78 bits per heavy atom. The molecule has 0 unspecified atom stereocenters. The van der Waals surface area contributed by atoms with Gasteiger partial charge in [-0.3, -0.25) is 4.79 Å². The zero-order valence-corrected chi connectivity index (χ0v) is 9.90. The highest BCUT2D eigenvalue weighted by molar-refractivity contribution is 6.01. The number of ether oxygens (including phenoxy) is 1. The van der Waals surface area contributed by atoms with Gasteiger partial charge in [0.15, 0.2) is 0 Å². The molecule has 2 N–H and O–H groups in total. The van der Waals surface area contributed by atoms with E-state index in [9.17, 15) is 14.0 Å². The van der Waals surface area contributed by atoms with Gasteiger partial charge in [-0.05, 0) is 18.6 Å². The summed E-state index contributed by atoms with van der Waals surface area (Å²) in [6, 6.07) is 3.67.